The second kappa shape index (κ2) is 3.37. The van der Waals surface area contributed by atoms with Gasteiger partial charge in [0.1, 0.15) is 0 Å². The van der Waals surface area contributed by atoms with Gasteiger partial charge < -0.3 is 5.73 Å². The van der Waals surface area contributed by atoms with E-state index in [1.54, 1.807) is 0 Å². The Hall–Kier alpha value is 0.177. The van der Waals surface area contributed by atoms with Crippen molar-refractivity contribution in [3.63, 3.8) is 0 Å². The lowest BCUT2D eigenvalue weighted by molar-refractivity contribution is 1.11. The smallest absolute Gasteiger partial charge is 0.0425 e. The largest absolute Gasteiger partial charge is 0.331 e. The van der Waals surface area contributed by atoms with Gasteiger partial charge in [-0.25, -0.2) is 0 Å². The summed E-state index contributed by atoms with van der Waals surface area (Å²) >= 11 is 0. The molecule has 0 aromatic carbocycles. The van der Waals surface area contributed by atoms with E-state index >= 15 is 0 Å². The Morgan fingerprint density at radius 3 is 2.00 bits per heavy atom. The maximum absolute atomic E-state index is 5.25. The summed E-state index contributed by atoms with van der Waals surface area (Å²) in [5, 5.41) is 0. The number of rotatable bonds is 2. The molecule has 0 atom stereocenters. The molecule has 0 unspecified atom stereocenters. The van der Waals surface area contributed by atoms with Crippen LogP contribution in [0.3, 0.4) is 0 Å². The molecule has 0 amide bonds. The molecule has 0 rings (SSSR count). The van der Waals surface area contributed by atoms with Crippen LogP contribution in [0.15, 0.2) is 0 Å². The molecule has 6 heavy (non-hydrogen) atoms. The van der Waals surface area contributed by atoms with E-state index in [0.29, 0.717) is 0 Å². The highest BCUT2D eigenvalue weighted by atomic mass is 28.3. The molecule has 0 aliphatic rings. The summed E-state index contributed by atoms with van der Waals surface area (Å²) < 4.78 is 0. The summed E-state index contributed by atoms with van der Waals surface area (Å²) in [6.07, 6.45) is 0. The van der Waals surface area contributed by atoms with Crippen molar-refractivity contribution in [2.24, 2.45) is 5.73 Å². The van der Waals surface area contributed by atoms with E-state index in [-0.39, 0.29) is 8.80 Å². The first-order valence-corrected chi connectivity index (χ1v) is 4.97. The maximum atomic E-state index is 5.25. The standard InChI is InChI=1S/C4H12NSi/c1-6(2)4-3-5/h3-5H2,1-2H3. The predicted molar refractivity (Wildman–Crippen MR) is 31.3 cm³/mol. The summed E-state index contributed by atoms with van der Waals surface area (Å²) in [4.78, 5) is 0. The second-order valence-electron chi connectivity index (χ2n) is 1.75. The highest BCUT2D eigenvalue weighted by Crippen LogP contribution is 1.83. The van der Waals surface area contributed by atoms with E-state index in [0.717, 1.165) is 6.54 Å². The molecule has 0 heterocycles. The maximum Gasteiger partial charge on any atom is 0.0425 e. The molecule has 0 bridgehead atoms. The molecule has 0 aromatic heterocycles. The summed E-state index contributed by atoms with van der Waals surface area (Å²) in [5.41, 5.74) is 5.25. The van der Waals surface area contributed by atoms with Gasteiger partial charge in [0.25, 0.3) is 0 Å². The Labute approximate surface area is 41.2 Å². The molecule has 0 fully saturated rings. The van der Waals surface area contributed by atoms with Crippen molar-refractivity contribution in [2.75, 3.05) is 6.54 Å². The van der Waals surface area contributed by atoms with Crippen LogP contribution >= 0.6 is 0 Å². The summed E-state index contributed by atoms with van der Waals surface area (Å²) in [7, 11) is -0.0105. The van der Waals surface area contributed by atoms with Gasteiger partial charge in [0.05, 0.1) is 0 Å². The Morgan fingerprint density at radius 2 is 2.00 bits per heavy atom. The van der Waals surface area contributed by atoms with Crippen LogP contribution in [-0.2, 0) is 0 Å². The van der Waals surface area contributed by atoms with Gasteiger partial charge >= 0.3 is 0 Å². The van der Waals surface area contributed by atoms with Crippen LogP contribution in [0.1, 0.15) is 0 Å². The van der Waals surface area contributed by atoms with Crippen LogP contribution in [0.4, 0.5) is 0 Å². The molecular formula is C4H12NSi. The first-order valence-electron chi connectivity index (χ1n) is 2.26. The minimum atomic E-state index is -0.0105. The van der Waals surface area contributed by atoms with Crippen LogP contribution in [0, 0.1) is 0 Å². The van der Waals surface area contributed by atoms with E-state index in [4.69, 9.17) is 5.73 Å². The van der Waals surface area contributed by atoms with Gasteiger partial charge in [-0.3, -0.25) is 0 Å². The first kappa shape index (κ1) is 6.18. The van der Waals surface area contributed by atoms with Gasteiger partial charge in [-0.2, -0.15) is 0 Å². The highest BCUT2D eigenvalue weighted by Gasteiger charge is 1.88. The third-order valence-electron chi connectivity index (χ3n) is 0.644. The zero-order valence-corrected chi connectivity index (χ0v) is 5.49. The van der Waals surface area contributed by atoms with Crippen molar-refractivity contribution in [1.82, 2.24) is 0 Å². The molecule has 0 saturated carbocycles. The molecule has 2 N–H and O–H groups in total. The van der Waals surface area contributed by atoms with Crippen LogP contribution in [0.5, 0.6) is 0 Å². The van der Waals surface area contributed by atoms with Crippen molar-refractivity contribution in [3.8, 4) is 0 Å². The Morgan fingerprint density at radius 1 is 1.50 bits per heavy atom. The average Bonchev–Trinajstić information content (AvgIpc) is 1.35. The molecule has 0 spiro atoms. The molecule has 2 heteroatoms. The lowest BCUT2D eigenvalue weighted by atomic mass is 10.8. The van der Waals surface area contributed by atoms with Gasteiger partial charge in [0, 0.05) is 8.80 Å². The van der Waals surface area contributed by atoms with Crippen LogP contribution in [-0.4, -0.2) is 15.3 Å². The fourth-order valence-electron chi connectivity index (χ4n) is 0.289. The van der Waals surface area contributed by atoms with E-state index < -0.39 is 0 Å². The summed E-state index contributed by atoms with van der Waals surface area (Å²) in [6, 6.07) is 1.25. The Bertz CT molecular complexity index is 28.7. The number of nitrogens with two attached hydrogens (primary N) is 1. The minimum absolute atomic E-state index is 0.0105. The molecule has 0 aliphatic heterocycles. The fourth-order valence-corrected chi connectivity index (χ4v) is 0.866. The van der Waals surface area contributed by atoms with Crippen molar-refractivity contribution in [2.45, 2.75) is 19.1 Å². The quantitative estimate of drug-likeness (QED) is 0.510. The van der Waals surface area contributed by atoms with Gasteiger partial charge in [-0.15, -0.1) is 0 Å². The third kappa shape index (κ3) is 4.18. The van der Waals surface area contributed by atoms with Crippen molar-refractivity contribution < 1.29 is 0 Å². The van der Waals surface area contributed by atoms with Crippen LogP contribution in [0.2, 0.25) is 19.1 Å². The normalized spacial score (nSPS) is 10.0. The van der Waals surface area contributed by atoms with Gasteiger partial charge in [-0.1, -0.05) is 13.1 Å². The van der Waals surface area contributed by atoms with Crippen molar-refractivity contribution in [3.05, 3.63) is 0 Å². The van der Waals surface area contributed by atoms with Gasteiger partial charge in [0.2, 0.25) is 0 Å². The third-order valence-corrected chi connectivity index (χ3v) is 1.93. The van der Waals surface area contributed by atoms with E-state index in [1.165, 1.54) is 6.04 Å². The van der Waals surface area contributed by atoms with Gasteiger partial charge in [-0.05, 0) is 12.6 Å². The first-order chi connectivity index (χ1) is 2.77. The van der Waals surface area contributed by atoms with Crippen molar-refractivity contribution >= 4 is 8.80 Å². The number of hydrogen-bond donors (Lipinski definition) is 1. The number of hydrogen-bond acceptors (Lipinski definition) is 1. The zero-order valence-electron chi connectivity index (χ0n) is 4.49. The SMILES string of the molecule is C[Si](C)CCN. The van der Waals surface area contributed by atoms with E-state index in [1.807, 2.05) is 0 Å². The fraction of sp³-hybridized carbons (Fsp3) is 1.00. The van der Waals surface area contributed by atoms with E-state index in [2.05, 4.69) is 13.1 Å². The highest BCUT2D eigenvalue weighted by molar-refractivity contribution is 6.55. The second-order valence-corrected chi connectivity index (χ2v) is 4.66. The molecule has 37 valence electrons. The molecule has 1 nitrogen and oxygen atoms in total. The average molecular weight is 102 g/mol. The molecule has 1 radical (unpaired) electrons. The topological polar surface area (TPSA) is 26.0 Å². The zero-order chi connectivity index (χ0) is 4.99. The van der Waals surface area contributed by atoms with Crippen molar-refractivity contribution in [1.29, 1.82) is 0 Å². The summed E-state index contributed by atoms with van der Waals surface area (Å²) in [5.74, 6) is 0. The predicted octanol–water partition coefficient (Wildman–Crippen LogP) is 0.700. The summed E-state index contributed by atoms with van der Waals surface area (Å²) in [6.45, 7) is 5.43. The monoisotopic (exact) mass is 102 g/mol. The lowest BCUT2D eigenvalue weighted by Gasteiger charge is -1.93. The van der Waals surface area contributed by atoms with Gasteiger partial charge in [0.15, 0.2) is 0 Å². The lowest BCUT2D eigenvalue weighted by Crippen LogP contribution is -2.08. The van der Waals surface area contributed by atoms with Crippen LogP contribution in [0.25, 0.3) is 0 Å². The Kier molecular flexibility index (Phi) is 3.47. The minimum Gasteiger partial charge on any atom is -0.331 e. The molecule has 0 aliphatic carbocycles. The molecular weight excluding hydrogens is 90.1 g/mol. The molecule has 0 aromatic rings. The van der Waals surface area contributed by atoms with Crippen LogP contribution < -0.4 is 5.73 Å². The Balaban J connectivity index is 2.63. The molecule has 0 saturated heterocycles. The van der Waals surface area contributed by atoms with E-state index in [9.17, 15) is 0 Å².